The summed E-state index contributed by atoms with van der Waals surface area (Å²) in [5.74, 6) is 1.39. The van der Waals surface area contributed by atoms with Crippen LogP contribution >= 0.6 is 0 Å². The first-order chi connectivity index (χ1) is 14.2. The summed E-state index contributed by atoms with van der Waals surface area (Å²) in [6.07, 6.45) is -1.79. The molecule has 1 unspecified atom stereocenters. The molecule has 3 heterocycles. The van der Waals surface area contributed by atoms with E-state index in [1.54, 1.807) is 24.3 Å². The third kappa shape index (κ3) is 3.81. The van der Waals surface area contributed by atoms with E-state index in [4.69, 9.17) is 0 Å². The number of benzene rings is 1. The maximum absolute atomic E-state index is 13.3. The summed E-state index contributed by atoms with van der Waals surface area (Å²) in [6.45, 7) is -0.778. The van der Waals surface area contributed by atoms with E-state index < -0.39 is 24.3 Å². The van der Waals surface area contributed by atoms with E-state index in [-0.39, 0.29) is 11.2 Å². The molecule has 0 amide bonds. The Kier molecular flexibility index (Phi) is 5.08. The number of para-hydroxylation sites is 1. The van der Waals surface area contributed by atoms with Crippen molar-refractivity contribution in [2.75, 3.05) is 30.4 Å². The van der Waals surface area contributed by atoms with E-state index in [0.29, 0.717) is 30.1 Å². The first-order valence-electron chi connectivity index (χ1n) is 9.57. The predicted octanol–water partition coefficient (Wildman–Crippen LogP) is 3.16. The van der Waals surface area contributed by atoms with Crippen molar-refractivity contribution in [2.24, 2.45) is 0 Å². The van der Waals surface area contributed by atoms with Crippen LogP contribution in [0.5, 0.6) is 0 Å². The maximum Gasteiger partial charge on any atom is 0.406 e. The van der Waals surface area contributed by atoms with Gasteiger partial charge in [-0.05, 0) is 25.0 Å². The molecule has 0 N–H and O–H groups in total. The third-order valence-electron chi connectivity index (χ3n) is 5.17. The Morgan fingerprint density at radius 1 is 1.20 bits per heavy atom. The molecule has 10 heteroatoms. The fourth-order valence-electron chi connectivity index (χ4n) is 3.82. The third-order valence-corrected chi connectivity index (χ3v) is 5.17. The van der Waals surface area contributed by atoms with Gasteiger partial charge in [0, 0.05) is 26.7 Å². The second-order valence-corrected chi connectivity index (χ2v) is 7.47. The number of hydrogen-bond donors (Lipinski definition) is 0. The highest BCUT2D eigenvalue weighted by atomic mass is 19.4. The standard InChI is InChI=1S/C20H21F3N6O/c1-27(2)16-10-17(25-12-24-16)28-9-5-8-15(28)18-26-14-7-4-3-6-13(14)19(30)29(18)11-20(21,22)23/h3-4,6-7,10,12,15H,5,8-9,11H2,1-2H3. The lowest BCUT2D eigenvalue weighted by Gasteiger charge is -2.28. The molecular weight excluding hydrogens is 397 g/mol. The Morgan fingerprint density at radius 3 is 2.70 bits per heavy atom. The first kappa shape index (κ1) is 20.1. The van der Waals surface area contributed by atoms with Crippen LogP contribution in [0, 0.1) is 0 Å². The second kappa shape index (κ2) is 7.58. The molecule has 0 saturated carbocycles. The van der Waals surface area contributed by atoms with E-state index in [2.05, 4.69) is 15.0 Å². The lowest BCUT2D eigenvalue weighted by Crippen LogP contribution is -2.36. The zero-order chi connectivity index (χ0) is 21.5. The summed E-state index contributed by atoms with van der Waals surface area (Å²) in [6, 6.07) is 7.77. The minimum absolute atomic E-state index is 0.110. The van der Waals surface area contributed by atoms with Crippen LogP contribution in [0.15, 0.2) is 41.5 Å². The Bertz CT molecular complexity index is 1130. The summed E-state index contributed by atoms with van der Waals surface area (Å²) >= 11 is 0. The highest BCUT2D eigenvalue weighted by molar-refractivity contribution is 5.77. The number of halogens is 3. The lowest BCUT2D eigenvalue weighted by atomic mass is 10.1. The summed E-state index contributed by atoms with van der Waals surface area (Å²) in [7, 11) is 3.69. The molecule has 0 radical (unpaired) electrons. The number of rotatable bonds is 4. The SMILES string of the molecule is CN(C)c1cc(N2CCCC2c2nc3ccccc3c(=O)n2CC(F)(F)F)ncn1. The number of nitrogens with zero attached hydrogens (tertiary/aromatic N) is 6. The molecule has 7 nitrogen and oxygen atoms in total. The molecule has 2 aromatic heterocycles. The number of alkyl halides is 3. The zero-order valence-electron chi connectivity index (χ0n) is 16.6. The van der Waals surface area contributed by atoms with Gasteiger partial charge in [0.25, 0.3) is 5.56 Å². The molecule has 1 aliphatic heterocycles. The quantitative estimate of drug-likeness (QED) is 0.649. The van der Waals surface area contributed by atoms with E-state index >= 15 is 0 Å². The molecule has 1 fully saturated rings. The van der Waals surface area contributed by atoms with Gasteiger partial charge < -0.3 is 9.80 Å². The van der Waals surface area contributed by atoms with Crippen LogP contribution in [0.3, 0.4) is 0 Å². The van der Waals surface area contributed by atoms with Crippen LogP contribution in [0.4, 0.5) is 24.8 Å². The largest absolute Gasteiger partial charge is 0.406 e. The van der Waals surface area contributed by atoms with Crippen LogP contribution < -0.4 is 15.4 Å². The number of hydrogen-bond acceptors (Lipinski definition) is 6. The summed E-state index contributed by atoms with van der Waals surface area (Å²) in [5.41, 5.74) is -0.295. The topological polar surface area (TPSA) is 67.2 Å². The number of fused-ring (bicyclic) bond motifs is 1. The monoisotopic (exact) mass is 418 g/mol. The van der Waals surface area contributed by atoms with Gasteiger partial charge in [0.1, 0.15) is 30.3 Å². The first-order valence-corrected chi connectivity index (χ1v) is 9.57. The molecular formula is C20H21F3N6O. The van der Waals surface area contributed by atoms with E-state index in [9.17, 15) is 18.0 Å². The molecule has 1 aliphatic rings. The Hall–Kier alpha value is -3.17. The number of aromatic nitrogens is 4. The molecule has 0 spiro atoms. The molecule has 4 rings (SSSR count). The van der Waals surface area contributed by atoms with Crippen molar-refractivity contribution in [3.8, 4) is 0 Å². The van der Waals surface area contributed by atoms with Gasteiger partial charge in [-0.25, -0.2) is 15.0 Å². The lowest BCUT2D eigenvalue weighted by molar-refractivity contribution is -0.141. The average Bonchev–Trinajstić information content (AvgIpc) is 3.19. The molecule has 0 bridgehead atoms. The van der Waals surface area contributed by atoms with E-state index in [0.717, 1.165) is 11.0 Å². The molecule has 0 aliphatic carbocycles. The Balaban J connectivity index is 1.85. The minimum atomic E-state index is -4.54. The van der Waals surface area contributed by atoms with Gasteiger partial charge in [-0.3, -0.25) is 9.36 Å². The fraction of sp³-hybridized carbons (Fsp3) is 0.400. The van der Waals surface area contributed by atoms with Crippen LogP contribution in [-0.4, -0.2) is 46.3 Å². The van der Waals surface area contributed by atoms with Gasteiger partial charge >= 0.3 is 6.18 Å². The molecule has 3 aromatic rings. The van der Waals surface area contributed by atoms with Gasteiger partial charge in [-0.2, -0.15) is 13.2 Å². The van der Waals surface area contributed by atoms with Gasteiger partial charge in [0.05, 0.1) is 16.9 Å². The van der Waals surface area contributed by atoms with Crippen molar-refractivity contribution >= 4 is 22.5 Å². The second-order valence-electron chi connectivity index (χ2n) is 7.47. The Morgan fingerprint density at radius 2 is 1.97 bits per heavy atom. The molecule has 1 saturated heterocycles. The Labute approximate surface area is 170 Å². The smallest absolute Gasteiger partial charge is 0.363 e. The van der Waals surface area contributed by atoms with Crippen molar-refractivity contribution < 1.29 is 13.2 Å². The molecule has 1 atom stereocenters. The van der Waals surface area contributed by atoms with E-state index in [1.165, 1.54) is 12.4 Å². The predicted molar refractivity (Wildman–Crippen MR) is 108 cm³/mol. The van der Waals surface area contributed by atoms with Crippen molar-refractivity contribution in [1.29, 1.82) is 0 Å². The minimum Gasteiger partial charge on any atom is -0.363 e. The van der Waals surface area contributed by atoms with Gasteiger partial charge in [0.15, 0.2) is 0 Å². The fourth-order valence-corrected chi connectivity index (χ4v) is 3.82. The van der Waals surface area contributed by atoms with Crippen LogP contribution in [-0.2, 0) is 6.54 Å². The number of anilines is 2. The molecule has 30 heavy (non-hydrogen) atoms. The normalized spacial score (nSPS) is 17.0. The molecule has 1 aromatic carbocycles. The highest BCUT2D eigenvalue weighted by Gasteiger charge is 2.36. The highest BCUT2D eigenvalue weighted by Crippen LogP contribution is 2.35. The summed E-state index contributed by atoms with van der Waals surface area (Å²) < 4.78 is 40.7. The summed E-state index contributed by atoms with van der Waals surface area (Å²) in [5, 5.41) is 0.173. The van der Waals surface area contributed by atoms with Crippen LogP contribution in [0.25, 0.3) is 10.9 Å². The average molecular weight is 418 g/mol. The van der Waals surface area contributed by atoms with Gasteiger partial charge in [-0.15, -0.1) is 0 Å². The van der Waals surface area contributed by atoms with E-state index in [1.807, 2.05) is 23.9 Å². The van der Waals surface area contributed by atoms with Gasteiger partial charge in [0.2, 0.25) is 0 Å². The van der Waals surface area contributed by atoms with Crippen molar-refractivity contribution in [3.63, 3.8) is 0 Å². The van der Waals surface area contributed by atoms with Crippen molar-refractivity contribution in [2.45, 2.75) is 31.6 Å². The van der Waals surface area contributed by atoms with Gasteiger partial charge in [-0.1, -0.05) is 12.1 Å². The van der Waals surface area contributed by atoms with Crippen LogP contribution in [0.1, 0.15) is 24.7 Å². The van der Waals surface area contributed by atoms with Crippen molar-refractivity contribution in [3.05, 3.63) is 52.8 Å². The van der Waals surface area contributed by atoms with Crippen molar-refractivity contribution in [1.82, 2.24) is 19.5 Å². The molecule has 158 valence electrons. The summed E-state index contributed by atoms with van der Waals surface area (Å²) in [4.78, 5) is 29.7. The maximum atomic E-state index is 13.3. The zero-order valence-corrected chi connectivity index (χ0v) is 16.6. The van der Waals surface area contributed by atoms with Crippen LogP contribution in [0.2, 0.25) is 0 Å².